The summed E-state index contributed by atoms with van der Waals surface area (Å²) in [7, 11) is 0. The van der Waals surface area contributed by atoms with Gasteiger partial charge in [-0.15, -0.1) is 0 Å². The lowest BCUT2D eigenvalue weighted by Crippen LogP contribution is -2.42. The quantitative estimate of drug-likeness (QED) is 0.842. The molecule has 1 aliphatic heterocycles. The summed E-state index contributed by atoms with van der Waals surface area (Å²) < 4.78 is 5.57. The maximum absolute atomic E-state index is 12.7. The Labute approximate surface area is 142 Å². The first kappa shape index (κ1) is 17.0. The molecule has 3 rings (SSSR count). The summed E-state index contributed by atoms with van der Waals surface area (Å²) in [4.78, 5) is 26.2. The number of aliphatic hydroxyl groups excluding tert-OH is 1. The van der Waals surface area contributed by atoms with Crippen LogP contribution >= 0.6 is 0 Å². The van der Waals surface area contributed by atoms with Crippen LogP contribution in [0.2, 0.25) is 0 Å². The van der Waals surface area contributed by atoms with Crippen LogP contribution in [-0.4, -0.2) is 41.1 Å². The minimum Gasteiger partial charge on any atom is -0.491 e. The fraction of sp³-hybridized carbons (Fsp3) is 0.579. The molecule has 0 aromatic heterocycles. The van der Waals surface area contributed by atoms with Crippen LogP contribution in [0, 0.1) is 12.3 Å². The lowest BCUT2D eigenvalue weighted by atomic mass is 9.73. The van der Waals surface area contributed by atoms with Gasteiger partial charge in [-0.3, -0.25) is 14.5 Å². The first-order valence-corrected chi connectivity index (χ1v) is 8.72. The van der Waals surface area contributed by atoms with E-state index in [1.165, 1.54) is 4.90 Å². The highest BCUT2D eigenvalue weighted by molar-refractivity contribution is 6.05. The zero-order valence-electron chi connectivity index (χ0n) is 14.2. The molecular formula is C19H25NO4. The third-order valence-electron chi connectivity index (χ3n) is 5.13. The maximum atomic E-state index is 12.7. The second kappa shape index (κ2) is 6.93. The van der Waals surface area contributed by atoms with Crippen molar-refractivity contribution in [1.82, 2.24) is 4.90 Å². The molecule has 1 atom stereocenters. The van der Waals surface area contributed by atoms with Crippen LogP contribution in [0.3, 0.4) is 0 Å². The van der Waals surface area contributed by atoms with Crippen molar-refractivity contribution in [2.24, 2.45) is 5.41 Å². The Bertz CT molecular complexity index is 622. The largest absolute Gasteiger partial charge is 0.491 e. The second-order valence-electron chi connectivity index (χ2n) is 7.11. The Morgan fingerprint density at radius 2 is 2.00 bits per heavy atom. The van der Waals surface area contributed by atoms with E-state index in [4.69, 9.17) is 4.74 Å². The summed E-state index contributed by atoms with van der Waals surface area (Å²) in [6.07, 6.45) is 4.16. The zero-order valence-corrected chi connectivity index (χ0v) is 14.2. The van der Waals surface area contributed by atoms with Crippen LogP contribution in [-0.2, 0) is 9.59 Å². The lowest BCUT2D eigenvalue weighted by Gasteiger charge is -2.30. The van der Waals surface area contributed by atoms with Crippen LogP contribution < -0.4 is 4.74 Å². The van der Waals surface area contributed by atoms with Crippen molar-refractivity contribution in [2.45, 2.75) is 51.6 Å². The normalized spacial score (nSPS) is 21.3. The molecule has 5 nitrogen and oxygen atoms in total. The molecule has 1 spiro atoms. The first-order valence-electron chi connectivity index (χ1n) is 8.72. The van der Waals surface area contributed by atoms with Crippen LogP contribution in [0.15, 0.2) is 24.3 Å². The van der Waals surface area contributed by atoms with E-state index in [9.17, 15) is 14.7 Å². The smallest absolute Gasteiger partial charge is 0.235 e. The van der Waals surface area contributed by atoms with E-state index in [1.807, 2.05) is 31.2 Å². The van der Waals surface area contributed by atoms with Gasteiger partial charge in [0, 0.05) is 6.42 Å². The molecule has 2 aliphatic rings. The van der Waals surface area contributed by atoms with Gasteiger partial charge in [0.25, 0.3) is 0 Å². The van der Waals surface area contributed by atoms with Crippen molar-refractivity contribution in [3.05, 3.63) is 29.8 Å². The Balaban J connectivity index is 1.57. The third kappa shape index (κ3) is 3.46. The molecule has 2 fully saturated rings. The lowest BCUT2D eigenvalue weighted by molar-refractivity contribution is -0.144. The molecule has 0 radical (unpaired) electrons. The molecule has 24 heavy (non-hydrogen) atoms. The summed E-state index contributed by atoms with van der Waals surface area (Å²) in [6, 6.07) is 7.56. The molecule has 0 bridgehead atoms. The number of benzene rings is 1. The number of aryl methyl sites for hydroxylation is 1. The van der Waals surface area contributed by atoms with E-state index >= 15 is 0 Å². The van der Waals surface area contributed by atoms with Gasteiger partial charge in [-0.25, -0.2) is 0 Å². The molecule has 1 aliphatic carbocycles. The fourth-order valence-electron chi connectivity index (χ4n) is 3.82. The topological polar surface area (TPSA) is 66.8 Å². The molecule has 0 unspecified atom stereocenters. The second-order valence-corrected chi connectivity index (χ2v) is 7.11. The number of carbonyl (C=O) groups excluding carboxylic acids is 2. The summed E-state index contributed by atoms with van der Waals surface area (Å²) >= 11 is 0. The standard InChI is InChI=1S/C19H25NO4/c1-14-6-5-7-16(10-14)24-13-15(21)12-20-17(22)11-19(18(20)23)8-3-2-4-9-19/h5-7,10,15,21H,2-4,8-9,11-13H2,1H3/t15-/m0/s1. The predicted octanol–water partition coefficient (Wildman–Crippen LogP) is 2.44. The zero-order chi connectivity index (χ0) is 17.2. The highest BCUT2D eigenvalue weighted by Crippen LogP contribution is 2.45. The van der Waals surface area contributed by atoms with Gasteiger partial charge in [0.2, 0.25) is 11.8 Å². The van der Waals surface area contributed by atoms with Crippen molar-refractivity contribution < 1.29 is 19.4 Å². The van der Waals surface area contributed by atoms with Gasteiger partial charge >= 0.3 is 0 Å². The number of likely N-dealkylation sites (tertiary alicyclic amines) is 1. The van der Waals surface area contributed by atoms with Gasteiger partial charge in [0.1, 0.15) is 18.5 Å². The van der Waals surface area contributed by atoms with Gasteiger partial charge in [-0.05, 0) is 37.5 Å². The summed E-state index contributed by atoms with van der Waals surface area (Å²) in [6.45, 7) is 2.05. The van der Waals surface area contributed by atoms with Crippen molar-refractivity contribution in [2.75, 3.05) is 13.2 Å². The van der Waals surface area contributed by atoms with E-state index in [1.54, 1.807) is 0 Å². The molecule has 1 aromatic rings. The summed E-state index contributed by atoms with van der Waals surface area (Å²) in [5.74, 6) is 0.426. The number of β-amino-alcohol motifs (C(OH)–C–C–N with tert-alkyl or cyclic N) is 1. The minimum absolute atomic E-state index is 0.0191. The van der Waals surface area contributed by atoms with E-state index in [2.05, 4.69) is 0 Å². The monoisotopic (exact) mass is 331 g/mol. The number of amides is 2. The molecule has 1 N–H and O–H groups in total. The third-order valence-corrected chi connectivity index (χ3v) is 5.13. The SMILES string of the molecule is Cc1cccc(OC[C@@H](O)CN2C(=O)CC3(CCCCC3)C2=O)c1. The number of imide groups is 1. The van der Waals surface area contributed by atoms with E-state index in [0.717, 1.165) is 37.7 Å². The van der Waals surface area contributed by atoms with Crippen LogP contribution in [0.25, 0.3) is 0 Å². The van der Waals surface area contributed by atoms with Gasteiger partial charge in [0.15, 0.2) is 0 Å². The first-order chi connectivity index (χ1) is 11.5. The van der Waals surface area contributed by atoms with Crippen molar-refractivity contribution in [3.8, 4) is 5.75 Å². The molecule has 2 amide bonds. The molecule has 1 heterocycles. The van der Waals surface area contributed by atoms with E-state index in [0.29, 0.717) is 12.2 Å². The Morgan fingerprint density at radius 3 is 2.71 bits per heavy atom. The number of hydrogen-bond acceptors (Lipinski definition) is 4. The Hall–Kier alpha value is -1.88. The summed E-state index contributed by atoms with van der Waals surface area (Å²) in [5.41, 5.74) is 0.582. The number of hydrogen-bond donors (Lipinski definition) is 1. The van der Waals surface area contributed by atoms with Crippen LogP contribution in [0.1, 0.15) is 44.1 Å². The van der Waals surface area contributed by atoms with Crippen molar-refractivity contribution in [1.29, 1.82) is 0 Å². The highest BCUT2D eigenvalue weighted by Gasteiger charge is 2.51. The number of nitrogens with zero attached hydrogens (tertiary/aromatic N) is 1. The van der Waals surface area contributed by atoms with Gasteiger partial charge in [-0.1, -0.05) is 31.4 Å². The highest BCUT2D eigenvalue weighted by atomic mass is 16.5. The molecule has 1 saturated heterocycles. The number of aliphatic hydroxyl groups is 1. The Morgan fingerprint density at radius 1 is 1.25 bits per heavy atom. The van der Waals surface area contributed by atoms with Gasteiger partial charge < -0.3 is 9.84 Å². The number of rotatable bonds is 5. The maximum Gasteiger partial charge on any atom is 0.235 e. The van der Waals surface area contributed by atoms with Gasteiger partial charge in [-0.2, -0.15) is 0 Å². The van der Waals surface area contributed by atoms with E-state index < -0.39 is 11.5 Å². The number of carbonyl (C=O) groups is 2. The molecular weight excluding hydrogens is 306 g/mol. The number of ether oxygens (including phenoxy) is 1. The summed E-state index contributed by atoms with van der Waals surface area (Å²) in [5, 5.41) is 10.2. The average molecular weight is 331 g/mol. The predicted molar refractivity (Wildman–Crippen MR) is 89.5 cm³/mol. The van der Waals surface area contributed by atoms with Crippen LogP contribution in [0.5, 0.6) is 5.75 Å². The average Bonchev–Trinajstić information content (AvgIpc) is 2.78. The van der Waals surface area contributed by atoms with Gasteiger partial charge in [0.05, 0.1) is 12.0 Å². The molecule has 5 heteroatoms. The Kier molecular flexibility index (Phi) is 4.90. The minimum atomic E-state index is -0.878. The van der Waals surface area contributed by atoms with Crippen molar-refractivity contribution in [3.63, 3.8) is 0 Å². The van der Waals surface area contributed by atoms with Crippen molar-refractivity contribution >= 4 is 11.8 Å². The van der Waals surface area contributed by atoms with E-state index in [-0.39, 0.29) is 25.0 Å². The molecule has 1 saturated carbocycles. The fourth-order valence-corrected chi connectivity index (χ4v) is 3.82. The molecule has 1 aromatic carbocycles. The molecule has 130 valence electrons. The van der Waals surface area contributed by atoms with Crippen LogP contribution in [0.4, 0.5) is 0 Å².